The number of aromatic nitrogens is 3. The molecule has 3 aromatic rings. The van der Waals surface area contributed by atoms with E-state index in [2.05, 4.69) is 26.3 Å². The zero-order chi connectivity index (χ0) is 21.7. The summed E-state index contributed by atoms with van der Waals surface area (Å²) in [6.07, 6.45) is 1.62. The third-order valence-corrected chi connectivity index (χ3v) is 4.22. The lowest BCUT2D eigenvalue weighted by molar-refractivity contribution is 0.102. The van der Waals surface area contributed by atoms with Crippen LogP contribution in [0, 0.1) is 11.3 Å². The quantitative estimate of drug-likeness (QED) is 0.607. The van der Waals surface area contributed by atoms with Gasteiger partial charge in [-0.1, -0.05) is 23.7 Å². The lowest BCUT2D eigenvalue weighted by atomic mass is 10.1. The third kappa shape index (κ3) is 5.10. The summed E-state index contributed by atoms with van der Waals surface area (Å²) in [6, 6.07) is 15.7. The van der Waals surface area contributed by atoms with Crippen molar-refractivity contribution in [3.63, 3.8) is 0 Å². The Kier molecular flexibility index (Phi) is 6.25. The SMILES string of the molecule is CN(C)c1nc(N)nc(/C(C#N)=C/c2cccc(NC(=O)c3ccc(Cl)cc3)c2)n1. The number of hydrogen-bond donors (Lipinski definition) is 2. The number of nitrogen functional groups attached to an aromatic ring is 1. The van der Waals surface area contributed by atoms with E-state index < -0.39 is 0 Å². The van der Waals surface area contributed by atoms with Crippen LogP contribution in [0.4, 0.5) is 17.6 Å². The smallest absolute Gasteiger partial charge is 0.255 e. The molecule has 3 N–H and O–H groups in total. The van der Waals surface area contributed by atoms with Crippen LogP contribution < -0.4 is 16.0 Å². The zero-order valence-electron chi connectivity index (χ0n) is 16.3. The Balaban J connectivity index is 1.87. The van der Waals surface area contributed by atoms with Gasteiger partial charge in [0.15, 0.2) is 5.82 Å². The Morgan fingerprint density at radius 3 is 2.57 bits per heavy atom. The van der Waals surface area contributed by atoms with Gasteiger partial charge in [-0.05, 0) is 48.0 Å². The van der Waals surface area contributed by atoms with Crippen molar-refractivity contribution in [2.45, 2.75) is 0 Å². The van der Waals surface area contributed by atoms with Crippen molar-refractivity contribution in [1.82, 2.24) is 15.0 Å². The maximum Gasteiger partial charge on any atom is 0.255 e. The highest BCUT2D eigenvalue weighted by atomic mass is 35.5. The van der Waals surface area contributed by atoms with Crippen LogP contribution in [0.15, 0.2) is 48.5 Å². The van der Waals surface area contributed by atoms with Crippen LogP contribution in [0.3, 0.4) is 0 Å². The summed E-state index contributed by atoms with van der Waals surface area (Å²) in [7, 11) is 3.53. The molecule has 0 saturated heterocycles. The van der Waals surface area contributed by atoms with Crippen molar-refractivity contribution >= 4 is 46.7 Å². The van der Waals surface area contributed by atoms with Gasteiger partial charge in [-0.25, -0.2) is 0 Å². The Hall–Kier alpha value is -3.96. The van der Waals surface area contributed by atoms with E-state index in [-0.39, 0.29) is 23.3 Å². The Morgan fingerprint density at radius 1 is 1.17 bits per heavy atom. The highest BCUT2D eigenvalue weighted by Crippen LogP contribution is 2.20. The number of amides is 1. The fraction of sp³-hybridized carbons (Fsp3) is 0.0952. The van der Waals surface area contributed by atoms with Gasteiger partial charge in [0, 0.05) is 30.4 Å². The summed E-state index contributed by atoms with van der Waals surface area (Å²) in [5.41, 5.74) is 7.70. The largest absolute Gasteiger partial charge is 0.368 e. The maximum absolute atomic E-state index is 12.4. The summed E-state index contributed by atoms with van der Waals surface area (Å²) in [5.74, 6) is 0.273. The minimum absolute atomic E-state index is 0.0221. The van der Waals surface area contributed by atoms with Crippen LogP contribution in [0.2, 0.25) is 5.02 Å². The Bertz CT molecular complexity index is 1150. The van der Waals surface area contributed by atoms with Crippen LogP contribution >= 0.6 is 11.6 Å². The number of carbonyl (C=O) groups is 1. The van der Waals surface area contributed by atoms with E-state index in [9.17, 15) is 10.1 Å². The highest BCUT2D eigenvalue weighted by Gasteiger charge is 2.11. The number of anilines is 3. The molecule has 0 fully saturated rings. The van der Waals surface area contributed by atoms with Crippen LogP contribution in [0.25, 0.3) is 11.6 Å². The number of hydrogen-bond acceptors (Lipinski definition) is 7. The van der Waals surface area contributed by atoms with Gasteiger partial charge in [-0.2, -0.15) is 20.2 Å². The van der Waals surface area contributed by atoms with Crippen molar-refractivity contribution in [2.24, 2.45) is 0 Å². The van der Waals surface area contributed by atoms with Gasteiger partial charge in [0.2, 0.25) is 11.9 Å². The summed E-state index contributed by atoms with van der Waals surface area (Å²) in [4.78, 5) is 26.4. The molecule has 0 spiro atoms. The van der Waals surface area contributed by atoms with Crippen molar-refractivity contribution in [2.75, 3.05) is 30.0 Å². The fourth-order valence-electron chi connectivity index (χ4n) is 2.53. The van der Waals surface area contributed by atoms with Crippen molar-refractivity contribution in [3.8, 4) is 6.07 Å². The minimum Gasteiger partial charge on any atom is -0.368 e. The second kappa shape index (κ2) is 9.03. The molecule has 0 aliphatic heterocycles. The Labute approximate surface area is 178 Å². The van der Waals surface area contributed by atoms with E-state index in [0.29, 0.717) is 27.8 Å². The van der Waals surface area contributed by atoms with Crippen molar-refractivity contribution < 1.29 is 4.79 Å². The number of nitrogens with two attached hydrogens (primary N) is 1. The second-order valence-electron chi connectivity index (χ2n) is 6.47. The molecule has 0 aliphatic carbocycles. The topological polar surface area (TPSA) is 121 Å². The molecule has 1 heterocycles. The number of carbonyl (C=O) groups excluding carboxylic acids is 1. The molecule has 0 atom stereocenters. The number of nitrogens with one attached hydrogen (secondary N) is 1. The molecule has 2 aromatic carbocycles. The lowest BCUT2D eigenvalue weighted by Crippen LogP contribution is -2.15. The van der Waals surface area contributed by atoms with E-state index in [1.807, 2.05) is 0 Å². The normalized spacial score (nSPS) is 10.9. The van der Waals surface area contributed by atoms with Crippen molar-refractivity contribution in [3.05, 3.63) is 70.5 Å². The van der Waals surface area contributed by atoms with Gasteiger partial charge in [-0.3, -0.25) is 4.79 Å². The Morgan fingerprint density at radius 2 is 1.90 bits per heavy atom. The standard InChI is InChI=1S/C21H18ClN7O/c1-29(2)21-27-18(26-20(24)28-21)15(12-23)10-13-4-3-5-17(11-13)25-19(30)14-6-8-16(22)9-7-14/h3-11H,1-2H3,(H,25,30)(H2,24,26,27,28)/b15-10+. The number of allylic oxidation sites excluding steroid dienone is 1. The molecule has 150 valence electrons. The summed E-state index contributed by atoms with van der Waals surface area (Å²) < 4.78 is 0. The predicted molar refractivity (Wildman–Crippen MR) is 118 cm³/mol. The molecular weight excluding hydrogens is 402 g/mol. The molecule has 0 saturated carbocycles. The molecule has 3 rings (SSSR count). The molecule has 0 unspecified atom stereocenters. The van der Waals surface area contributed by atoms with Gasteiger partial charge in [0.05, 0.1) is 5.57 Å². The average Bonchev–Trinajstić information content (AvgIpc) is 2.72. The molecule has 8 nitrogen and oxygen atoms in total. The average molecular weight is 420 g/mol. The molecular formula is C21H18ClN7O. The van der Waals surface area contributed by atoms with E-state index in [4.69, 9.17) is 17.3 Å². The van der Waals surface area contributed by atoms with Crippen LogP contribution in [0.5, 0.6) is 0 Å². The minimum atomic E-state index is -0.269. The summed E-state index contributed by atoms with van der Waals surface area (Å²) in [6.45, 7) is 0. The summed E-state index contributed by atoms with van der Waals surface area (Å²) >= 11 is 5.86. The number of benzene rings is 2. The number of nitrogens with zero attached hydrogens (tertiary/aromatic N) is 5. The fourth-order valence-corrected chi connectivity index (χ4v) is 2.65. The van der Waals surface area contributed by atoms with Crippen LogP contribution in [-0.4, -0.2) is 35.0 Å². The third-order valence-electron chi connectivity index (χ3n) is 3.96. The van der Waals surface area contributed by atoms with Crippen LogP contribution in [-0.2, 0) is 0 Å². The van der Waals surface area contributed by atoms with E-state index in [1.54, 1.807) is 73.6 Å². The van der Waals surface area contributed by atoms with Gasteiger partial charge >= 0.3 is 0 Å². The van der Waals surface area contributed by atoms with Crippen molar-refractivity contribution in [1.29, 1.82) is 5.26 Å². The van der Waals surface area contributed by atoms with Gasteiger partial charge < -0.3 is 16.0 Å². The predicted octanol–water partition coefficient (Wildman–Crippen LogP) is 3.49. The van der Waals surface area contributed by atoms with E-state index in [0.717, 1.165) is 0 Å². The monoisotopic (exact) mass is 419 g/mol. The first-order valence-corrected chi connectivity index (χ1v) is 9.21. The molecule has 0 bridgehead atoms. The van der Waals surface area contributed by atoms with Gasteiger partial charge in [0.1, 0.15) is 6.07 Å². The van der Waals surface area contributed by atoms with E-state index in [1.165, 1.54) is 0 Å². The number of nitriles is 1. The number of rotatable bonds is 5. The first-order chi connectivity index (χ1) is 14.4. The molecule has 0 radical (unpaired) electrons. The van der Waals surface area contributed by atoms with Gasteiger partial charge in [0.25, 0.3) is 5.91 Å². The molecule has 1 amide bonds. The molecule has 9 heteroatoms. The van der Waals surface area contributed by atoms with E-state index >= 15 is 0 Å². The first-order valence-electron chi connectivity index (χ1n) is 8.84. The maximum atomic E-state index is 12.4. The van der Waals surface area contributed by atoms with Gasteiger partial charge in [-0.15, -0.1) is 0 Å². The zero-order valence-corrected chi connectivity index (χ0v) is 17.1. The molecule has 1 aromatic heterocycles. The van der Waals surface area contributed by atoms with Crippen LogP contribution in [0.1, 0.15) is 21.7 Å². The lowest BCUT2D eigenvalue weighted by Gasteiger charge is -2.11. The number of halogens is 1. The molecule has 0 aliphatic rings. The first kappa shape index (κ1) is 20.8. The molecule has 30 heavy (non-hydrogen) atoms. The summed E-state index contributed by atoms with van der Waals surface area (Å²) in [5, 5.41) is 13.0. The highest BCUT2D eigenvalue weighted by molar-refractivity contribution is 6.30. The second-order valence-corrected chi connectivity index (χ2v) is 6.90.